The Kier molecular flexibility index (Phi) is 5.83. The van der Waals surface area contributed by atoms with Gasteiger partial charge >= 0.3 is 6.03 Å². The van der Waals surface area contributed by atoms with Crippen LogP contribution in [0.15, 0.2) is 48.5 Å². The lowest BCUT2D eigenvalue weighted by Gasteiger charge is -2.36. The molecule has 7 nitrogen and oxygen atoms in total. The molecule has 3 aromatic rings. The monoisotopic (exact) mass is 492 g/mol. The van der Waals surface area contributed by atoms with E-state index in [1.54, 1.807) is 17.9 Å². The molecule has 0 spiro atoms. The molecular formula is C27H29ClN4O3. The number of halogens is 1. The number of aromatic nitrogens is 1. The van der Waals surface area contributed by atoms with Gasteiger partial charge in [-0.25, -0.2) is 9.69 Å². The molecule has 0 bridgehead atoms. The molecule has 4 amide bonds. The number of rotatable bonds is 6. The minimum Gasteiger partial charge on any atom is -0.356 e. The van der Waals surface area contributed by atoms with Crippen molar-refractivity contribution in [3.63, 3.8) is 0 Å². The van der Waals surface area contributed by atoms with Crippen LogP contribution in [0.2, 0.25) is 5.02 Å². The minimum absolute atomic E-state index is 0.0979. The first kappa shape index (κ1) is 23.4. The number of aromatic amines is 1. The molecule has 2 aliphatic heterocycles. The topological polar surface area (TPSA) is 85.5 Å². The van der Waals surface area contributed by atoms with Crippen LogP contribution in [-0.2, 0) is 28.1 Å². The third-order valence-corrected chi connectivity index (χ3v) is 7.59. The fourth-order valence-corrected chi connectivity index (χ4v) is 5.61. The van der Waals surface area contributed by atoms with E-state index in [0.29, 0.717) is 24.4 Å². The van der Waals surface area contributed by atoms with Gasteiger partial charge in [-0.05, 0) is 48.9 Å². The van der Waals surface area contributed by atoms with Gasteiger partial charge in [-0.15, -0.1) is 0 Å². The molecule has 8 heteroatoms. The Hall–Kier alpha value is -3.32. The summed E-state index contributed by atoms with van der Waals surface area (Å²) in [5.74, 6) is -0.630. The third-order valence-electron chi connectivity index (χ3n) is 7.22. The molecule has 2 atom stereocenters. The van der Waals surface area contributed by atoms with Crippen LogP contribution in [0.5, 0.6) is 0 Å². The molecule has 1 aromatic heterocycles. The van der Waals surface area contributed by atoms with E-state index in [1.807, 2.05) is 56.3 Å². The fourth-order valence-electron chi connectivity index (χ4n) is 5.41. The van der Waals surface area contributed by atoms with E-state index in [4.69, 9.17) is 11.6 Å². The van der Waals surface area contributed by atoms with Crippen LogP contribution in [0.25, 0.3) is 10.9 Å². The van der Waals surface area contributed by atoms with Crippen molar-refractivity contribution in [3.05, 3.63) is 70.4 Å². The van der Waals surface area contributed by atoms with Crippen molar-refractivity contribution >= 4 is 40.3 Å². The first-order chi connectivity index (χ1) is 16.7. The molecule has 0 unspecified atom stereocenters. The number of amides is 4. The number of nitrogens with zero attached hydrogens (tertiary/aromatic N) is 2. The molecule has 35 heavy (non-hydrogen) atoms. The smallest absolute Gasteiger partial charge is 0.328 e. The Morgan fingerprint density at radius 3 is 2.60 bits per heavy atom. The molecule has 0 aliphatic carbocycles. The van der Waals surface area contributed by atoms with Crippen LogP contribution >= 0.6 is 11.6 Å². The van der Waals surface area contributed by atoms with Crippen LogP contribution < -0.4 is 5.32 Å². The molecule has 0 radical (unpaired) electrons. The molecule has 5 rings (SSSR count). The van der Waals surface area contributed by atoms with Gasteiger partial charge in [0.25, 0.3) is 5.91 Å². The van der Waals surface area contributed by atoms with Gasteiger partial charge in [-0.3, -0.25) is 9.59 Å². The van der Waals surface area contributed by atoms with Gasteiger partial charge in [0.15, 0.2) is 5.54 Å². The molecular weight excluding hydrogens is 464 g/mol. The van der Waals surface area contributed by atoms with E-state index in [0.717, 1.165) is 27.7 Å². The Morgan fingerprint density at radius 1 is 1.14 bits per heavy atom. The molecule has 2 N–H and O–H groups in total. The number of H-pyrrole nitrogens is 1. The number of hydrogen-bond acceptors (Lipinski definition) is 3. The van der Waals surface area contributed by atoms with Crippen molar-refractivity contribution in [2.75, 3.05) is 6.54 Å². The summed E-state index contributed by atoms with van der Waals surface area (Å²) in [7, 11) is 0. The normalized spacial score (nSPS) is 20.4. The number of para-hydroxylation sites is 1. The highest BCUT2D eigenvalue weighted by Gasteiger charge is 2.60. The van der Waals surface area contributed by atoms with Gasteiger partial charge in [0.2, 0.25) is 5.91 Å². The maximum atomic E-state index is 14.0. The predicted octanol–water partition coefficient (Wildman–Crippen LogP) is 4.59. The lowest BCUT2D eigenvalue weighted by atomic mass is 9.87. The van der Waals surface area contributed by atoms with Crippen LogP contribution in [0.4, 0.5) is 4.79 Å². The second-order valence-corrected chi connectivity index (χ2v) is 10.3. The van der Waals surface area contributed by atoms with Gasteiger partial charge in [0.1, 0.15) is 6.04 Å². The van der Waals surface area contributed by atoms with Gasteiger partial charge in [-0.1, -0.05) is 61.8 Å². The summed E-state index contributed by atoms with van der Waals surface area (Å²) in [6.07, 6.45) is 1.02. The molecule has 182 valence electrons. The zero-order valence-electron chi connectivity index (χ0n) is 20.1. The van der Waals surface area contributed by atoms with Crippen LogP contribution in [-0.4, -0.2) is 45.2 Å². The minimum atomic E-state index is -1.18. The summed E-state index contributed by atoms with van der Waals surface area (Å²) in [5, 5.41) is 4.52. The van der Waals surface area contributed by atoms with E-state index < -0.39 is 17.6 Å². The summed E-state index contributed by atoms with van der Waals surface area (Å²) >= 11 is 6.25. The highest BCUT2D eigenvalue weighted by Crippen LogP contribution is 2.45. The molecule has 1 saturated heterocycles. The number of hydrogen-bond donors (Lipinski definition) is 2. The van der Waals surface area contributed by atoms with Gasteiger partial charge < -0.3 is 15.2 Å². The quantitative estimate of drug-likeness (QED) is 0.493. The highest BCUT2D eigenvalue weighted by atomic mass is 35.5. The van der Waals surface area contributed by atoms with E-state index >= 15 is 0 Å². The van der Waals surface area contributed by atoms with E-state index in [2.05, 4.69) is 10.3 Å². The van der Waals surface area contributed by atoms with E-state index in [1.165, 1.54) is 4.90 Å². The average molecular weight is 493 g/mol. The van der Waals surface area contributed by atoms with E-state index in [9.17, 15) is 14.4 Å². The standard InChI is InChI=1S/C27H29ClN4O3/c1-16(2)14-22(24(33)29-15-17-8-4-6-10-20(17)28)32-25(34)27(3)23-19(12-13-31(27)26(32)35)18-9-5-7-11-21(18)30-23/h4-11,16,22,30H,12-15H2,1-3H3,(H,29,33)/t22-,27+/m1/s1. The molecule has 1 fully saturated rings. The number of carbonyl (C=O) groups excluding carboxylic acids is 3. The zero-order chi connectivity index (χ0) is 24.9. The third kappa shape index (κ3) is 3.69. The Bertz CT molecular complexity index is 1330. The molecule has 2 aromatic carbocycles. The fraction of sp³-hybridized carbons (Fsp3) is 0.370. The zero-order valence-corrected chi connectivity index (χ0v) is 20.9. The summed E-state index contributed by atoms with van der Waals surface area (Å²) in [6.45, 7) is 6.38. The van der Waals surface area contributed by atoms with Crippen molar-refractivity contribution in [1.82, 2.24) is 20.1 Å². The number of urea groups is 1. The van der Waals surface area contributed by atoms with Crippen molar-refractivity contribution < 1.29 is 14.4 Å². The Labute approximate surface area is 209 Å². The van der Waals surface area contributed by atoms with Gasteiger partial charge in [0, 0.05) is 29.0 Å². The molecule has 2 aliphatic rings. The lowest BCUT2D eigenvalue weighted by Crippen LogP contribution is -2.51. The Morgan fingerprint density at radius 2 is 1.86 bits per heavy atom. The first-order valence-electron chi connectivity index (χ1n) is 12.0. The summed E-state index contributed by atoms with van der Waals surface area (Å²) in [5.41, 5.74) is 2.34. The van der Waals surface area contributed by atoms with Crippen molar-refractivity contribution in [2.45, 2.75) is 51.7 Å². The largest absolute Gasteiger partial charge is 0.356 e. The maximum absolute atomic E-state index is 14.0. The SMILES string of the molecule is CC(C)C[C@H](C(=O)NCc1ccccc1Cl)N1C(=O)N2CCc3c([nH]c4ccccc34)[C@@]2(C)C1=O. The van der Waals surface area contributed by atoms with E-state index in [-0.39, 0.29) is 24.3 Å². The second-order valence-electron chi connectivity index (χ2n) is 9.91. The maximum Gasteiger partial charge on any atom is 0.328 e. The first-order valence-corrected chi connectivity index (χ1v) is 12.4. The highest BCUT2D eigenvalue weighted by molar-refractivity contribution is 6.31. The predicted molar refractivity (Wildman–Crippen MR) is 135 cm³/mol. The van der Waals surface area contributed by atoms with Crippen LogP contribution in [0.3, 0.4) is 0 Å². The van der Waals surface area contributed by atoms with Crippen molar-refractivity contribution in [2.24, 2.45) is 5.92 Å². The summed E-state index contributed by atoms with van der Waals surface area (Å²) in [6, 6.07) is 13.9. The van der Waals surface area contributed by atoms with Gasteiger partial charge in [0.05, 0.1) is 5.69 Å². The average Bonchev–Trinajstić information content (AvgIpc) is 3.31. The Balaban J connectivity index is 1.48. The summed E-state index contributed by atoms with van der Waals surface area (Å²) in [4.78, 5) is 47.3. The van der Waals surface area contributed by atoms with Crippen LogP contribution in [0, 0.1) is 5.92 Å². The molecule has 3 heterocycles. The number of nitrogens with one attached hydrogen (secondary N) is 2. The second kappa shape index (κ2) is 8.72. The number of fused-ring (bicyclic) bond motifs is 5. The number of imide groups is 1. The number of benzene rings is 2. The van der Waals surface area contributed by atoms with Crippen LogP contribution in [0.1, 0.15) is 44.0 Å². The van der Waals surface area contributed by atoms with Crippen molar-refractivity contribution in [1.29, 1.82) is 0 Å². The summed E-state index contributed by atoms with van der Waals surface area (Å²) < 4.78 is 0. The lowest BCUT2D eigenvalue weighted by molar-refractivity contribution is -0.140. The van der Waals surface area contributed by atoms with Gasteiger partial charge in [-0.2, -0.15) is 0 Å². The number of carbonyl (C=O) groups is 3. The molecule has 0 saturated carbocycles. The van der Waals surface area contributed by atoms with Crippen molar-refractivity contribution in [3.8, 4) is 0 Å².